The zero-order valence-corrected chi connectivity index (χ0v) is 15.1. The van der Waals surface area contributed by atoms with Gasteiger partial charge < -0.3 is 14.6 Å². The fourth-order valence-corrected chi connectivity index (χ4v) is 7.63. The summed E-state index contributed by atoms with van der Waals surface area (Å²) in [5.41, 5.74) is 0. The molecule has 0 saturated heterocycles. The minimum Gasteiger partial charge on any atom is -0.405 e. The van der Waals surface area contributed by atoms with Crippen molar-refractivity contribution in [2.75, 3.05) is 13.2 Å². The largest absolute Gasteiger partial charge is 0.405 e. The summed E-state index contributed by atoms with van der Waals surface area (Å²) in [7, 11) is -2.60. The number of aliphatic hydroxyl groups is 2. The predicted octanol–water partition coefficient (Wildman–Crippen LogP) is 1.92. The lowest BCUT2D eigenvalue weighted by molar-refractivity contribution is 0.0503. The molecule has 124 valence electrons. The van der Waals surface area contributed by atoms with E-state index in [1.54, 1.807) is 0 Å². The van der Waals surface area contributed by atoms with E-state index in [1.165, 1.54) is 10.4 Å². The molecule has 0 bridgehead atoms. The Morgan fingerprint density at radius 2 is 1.35 bits per heavy atom. The fourth-order valence-electron chi connectivity index (χ4n) is 3.04. The molecule has 1 atom stereocenters. The SMILES string of the molecule is CC(C)(C)[Si](OC[14C@H](O)CO)(c1ccccc1)c1ccccc1. The summed E-state index contributed by atoms with van der Waals surface area (Å²) in [5, 5.41) is 21.2. The van der Waals surface area contributed by atoms with Crippen LogP contribution < -0.4 is 10.4 Å². The molecule has 0 radical (unpaired) electrons. The van der Waals surface area contributed by atoms with Crippen molar-refractivity contribution in [2.24, 2.45) is 0 Å². The van der Waals surface area contributed by atoms with Gasteiger partial charge in [0.25, 0.3) is 8.32 Å². The molecule has 2 N–H and O–H groups in total. The van der Waals surface area contributed by atoms with Crippen LogP contribution in [0.15, 0.2) is 60.7 Å². The number of hydrogen-bond acceptors (Lipinski definition) is 3. The lowest BCUT2D eigenvalue weighted by Crippen LogP contribution is -2.67. The van der Waals surface area contributed by atoms with Crippen LogP contribution in [0.25, 0.3) is 0 Å². The highest BCUT2D eigenvalue weighted by molar-refractivity contribution is 6.99. The minimum atomic E-state index is -2.60. The standard InChI is InChI=1S/C19H26O3Si/c1-19(2,3)23(22-15-16(21)14-20,17-10-6-4-7-11-17)18-12-8-5-9-13-18/h4-13,16,20-21H,14-15H2,1-3H3/t16-/m1/s1/i16+2. The van der Waals surface area contributed by atoms with E-state index in [0.29, 0.717) is 0 Å². The molecule has 2 rings (SSSR count). The van der Waals surface area contributed by atoms with Crippen molar-refractivity contribution in [3.05, 3.63) is 60.7 Å². The van der Waals surface area contributed by atoms with Gasteiger partial charge in [-0.15, -0.1) is 0 Å². The van der Waals surface area contributed by atoms with Crippen LogP contribution in [0.3, 0.4) is 0 Å². The molecular formula is C19H26O3Si. The normalized spacial score (nSPS) is 13.8. The first kappa shape index (κ1) is 17.9. The quantitative estimate of drug-likeness (QED) is 0.795. The molecule has 0 amide bonds. The molecule has 0 saturated carbocycles. The molecule has 2 aromatic rings. The predicted molar refractivity (Wildman–Crippen MR) is 96.7 cm³/mol. The molecule has 0 spiro atoms. The third-order valence-corrected chi connectivity index (χ3v) is 9.12. The Morgan fingerprint density at radius 3 is 1.70 bits per heavy atom. The molecule has 2 aromatic carbocycles. The van der Waals surface area contributed by atoms with Crippen LogP contribution in [0.2, 0.25) is 5.04 Å². The molecule has 0 aliphatic rings. The molecule has 0 heterocycles. The van der Waals surface area contributed by atoms with Gasteiger partial charge >= 0.3 is 0 Å². The minimum absolute atomic E-state index is 0.120. The van der Waals surface area contributed by atoms with Gasteiger partial charge in [0.05, 0.1) is 19.3 Å². The lowest BCUT2D eigenvalue weighted by Gasteiger charge is -2.43. The third-order valence-electron chi connectivity index (χ3n) is 4.12. The van der Waals surface area contributed by atoms with E-state index in [0.717, 1.165) is 0 Å². The Labute approximate surface area is 139 Å². The van der Waals surface area contributed by atoms with Crippen LogP contribution in [-0.2, 0) is 4.43 Å². The number of rotatable bonds is 6. The van der Waals surface area contributed by atoms with E-state index in [1.807, 2.05) is 36.4 Å². The first-order valence-corrected chi connectivity index (χ1v) is 9.86. The van der Waals surface area contributed by atoms with Crippen molar-refractivity contribution < 1.29 is 14.6 Å². The summed E-state index contributed by atoms with van der Waals surface area (Å²) in [6.07, 6.45) is -0.864. The third kappa shape index (κ3) is 3.72. The second kappa shape index (κ2) is 7.40. The maximum atomic E-state index is 9.83. The second-order valence-electron chi connectivity index (χ2n) is 6.81. The van der Waals surface area contributed by atoms with Crippen molar-refractivity contribution in [1.29, 1.82) is 0 Å². The Bertz CT molecular complexity index is 554. The van der Waals surface area contributed by atoms with Gasteiger partial charge in [0, 0.05) is 0 Å². The van der Waals surface area contributed by atoms with Crippen LogP contribution in [0, 0.1) is 0 Å². The first-order valence-electron chi connectivity index (χ1n) is 7.96. The van der Waals surface area contributed by atoms with Crippen LogP contribution in [0.4, 0.5) is 0 Å². The summed E-state index contributed by atoms with van der Waals surface area (Å²) in [4.78, 5) is 0. The average Bonchev–Trinajstić information content (AvgIpc) is 2.56. The van der Waals surface area contributed by atoms with Crippen molar-refractivity contribution >= 4 is 18.7 Å². The fraction of sp³-hybridized carbons (Fsp3) is 0.368. The van der Waals surface area contributed by atoms with E-state index in [2.05, 4.69) is 45.0 Å². The van der Waals surface area contributed by atoms with Gasteiger partial charge in [0.1, 0.15) is 0 Å². The number of aliphatic hydroxyl groups excluding tert-OH is 2. The second-order valence-corrected chi connectivity index (χ2v) is 11.1. The van der Waals surface area contributed by atoms with E-state index in [9.17, 15) is 5.11 Å². The first-order chi connectivity index (χ1) is 10.9. The van der Waals surface area contributed by atoms with Gasteiger partial charge in [-0.3, -0.25) is 0 Å². The van der Waals surface area contributed by atoms with Crippen molar-refractivity contribution in [3.8, 4) is 0 Å². The summed E-state index contributed by atoms with van der Waals surface area (Å²) in [6, 6.07) is 20.5. The van der Waals surface area contributed by atoms with Crippen LogP contribution in [0.5, 0.6) is 0 Å². The molecule has 0 unspecified atom stereocenters. The maximum absolute atomic E-state index is 9.83. The summed E-state index contributed by atoms with van der Waals surface area (Å²) < 4.78 is 6.45. The Hall–Kier alpha value is -1.46. The summed E-state index contributed by atoms with van der Waals surface area (Å²) in [5.74, 6) is 0. The molecule has 4 heteroatoms. The average molecular weight is 332 g/mol. The van der Waals surface area contributed by atoms with Gasteiger partial charge in [0.2, 0.25) is 0 Å². The Morgan fingerprint density at radius 1 is 0.913 bits per heavy atom. The number of benzene rings is 2. The highest BCUT2D eigenvalue weighted by Gasteiger charge is 2.50. The van der Waals surface area contributed by atoms with Gasteiger partial charge in [-0.05, 0) is 15.4 Å². The Kier molecular flexibility index (Phi) is 5.76. The van der Waals surface area contributed by atoms with Gasteiger partial charge in [-0.1, -0.05) is 81.4 Å². The van der Waals surface area contributed by atoms with E-state index < -0.39 is 14.4 Å². The molecule has 3 nitrogen and oxygen atoms in total. The number of hydrogen-bond donors (Lipinski definition) is 2. The molecular weight excluding hydrogens is 306 g/mol. The maximum Gasteiger partial charge on any atom is 0.261 e. The highest BCUT2D eigenvalue weighted by atomic mass is 28.4. The molecule has 0 aliphatic heterocycles. The van der Waals surface area contributed by atoms with E-state index in [4.69, 9.17) is 9.53 Å². The van der Waals surface area contributed by atoms with E-state index in [-0.39, 0.29) is 18.3 Å². The molecule has 0 fully saturated rings. The summed E-state index contributed by atoms with van der Waals surface area (Å²) in [6.45, 7) is 6.39. The zero-order valence-electron chi connectivity index (χ0n) is 14.1. The molecule has 0 aromatic heterocycles. The van der Waals surface area contributed by atoms with Gasteiger partial charge in [-0.25, -0.2) is 0 Å². The Balaban J connectivity index is 2.60. The van der Waals surface area contributed by atoms with E-state index >= 15 is 0 Å². The zero-order chi connectivity index (χ0) is 16.9. The highest BCUT2D eigenvalue weighted by Crippen LogP contribution is 2.36. The van der Waals surface area contributed by atoms with Gasteiger partial charge in [-0.2, -0.15) is 0 Å². The van der Waals surface area contributed by atoms with Crippen molar-refractivity contribution in [2.45, 2.75) is 31.9 Å². The van der Waals surface area contributed by atoms with Crippen LogP contribution in [-0.4, -0.2) is 37.8 Å². The van der Waals surface area contributed by atoms with Crippen molar-refractivity contribution in [3.63, 3.8) is 0 Å². The topological polar surface area (TPSA) is 49.7 Å². The monoisotopic (exact) mass is 332 g/mol. The van der Waals surface area contributed by atoms with Crippen LogP contribution >= 0.6 is 0 Å². The molecule has 23 heavy (non-hydrogen) atoms. The summed E-state index contributed by atoms with van der Waals surface area (Å²) >= 11 is 0. The smallest absolute Gasteiger partial charge is 0.261 e. The van der Waals surface area contributed by atoms with Crippen molar-refractivity contribution in [1.82, 2.24) is 0 Å². The van der Waals surface area contributed by atoms with Gasteiger partial charge in [0.15, 0.2) is 0 Å². The molecule has 0 aliphatic carbocycles. The lowest BCUT2D eigenvalue weighted by atomic mass is 10.2. The van der Waals surface area contributed by atoms with Crippen LogP contribution in [0.1, 0.15) is 20.8 Å².